The Bertz CT molecular complexity index is 771. The molecular weight excluding hydrogens is 318 g/mol. The van der Waals surface area contributed by atoms with E-state index in [4.69, 9.17) is 0 Å². The Morgan fingerprint density at radius 1 is 0.917 bits per heavy atom. The van der Waals surface area contributed by atoms with E-state index in [1.54, 1.807) is 0 Å². The molecule has 0 saturated carbocycles. The lowest BCUT2D eigenvalue weighted by molar-refractivity contribution is -0.139. The molecular formula is C16H15NO7. The summed E-state index contributed by atoms with van der Waals surface area (Å²) in [6, 6.07) is 6.57. The van der Waals surface area contributed by atoms with Gasteiger partial charge in [-0.15, -0.1) is 0 Å². The van der Waals surface area contributed by atoms with Crippen LogP contribution in [0.3, 0.4) is 0 Å². The quantitative estimate of drug-likeness (QED) is 0.446. The molecule has 0 aliphatic carbocycles. The number of phenols is 4. The van der Waals surface area contributed by atoms with Gasteiger partial charge in [0.25, 0.3) is 5.91 Å². The number of benzene rings is 2. The van der Waals surface area contributed by atoms with Crippen LogP contribution in [0.15, 0.2) is 36.4 Å². The molecule has 0 saturated heterocycles. The Hall–Kier alpha value is -3.42. The van der Waals surface area contributed by atoms with Gasteiger partial charge >= 0.3 is 5.97 Å². The van der Waals surface area contributed by atoms with Crippen LogP contribution in [0.25, 0.3) is 0 Å². The number of amides is 1. The molecule has 2 aromatic rings. The van der Waals surface area contributed by atoms with Gasteiger partial charge in [-0.2, -0.15) is 0 Å². The van der Waals surface area contributed by atoms with Crippen LogP contribution >= 0.6 is 0 Å². The number of carboxylic acids is 1. The number of nitrogens with one attached hydrogen (secondary N) is 1. The Balaban J connectivity index is 2.18. The predicted molar refractivity (Wildman–Crippen MR) is 82.1 cm³/mol. The first-order valence-corrected chi connectivity index (χ1v) is 6.85. The molecule has 1 atom stereocenters. The number of carbonyl (C=O) groups is 2. The number of hydrogen-bond acceptors (Lipinski definition) is 6. The zero-order chi connectivity index (χ0) is 17.9. The van der Waals surface area contributed by atoms with Crippen molar-refractivity contribution in [1.82, 2.24) is 5.32 Å². The minimum absolute atomic E-state index is 0.0270. The minimum atomic E-state index is -1.29. The molecule has 126 valence electrons. The van der Waals surface area contributed by atoms with Crippen molar-refractivity contribution >= 4 is 11.9 Å². The monoisotopic (exact) mass is 333 g/mol. The molecule has 0 fully saturated rings. The van der Waals surface area contributed by atoms with Crippen LogP contribution in [0, 0.1) is 0 Å². The van der Waals surface area contributed by atoms with E-state index in [2.05, 4.69) is 5.32 Å². The third-order valence-corrected chi connectivity index (χ3v) is 3.35. The molecule has 24 heavy (non-hydrogen) atoms. The molecule has 0 radical (unpaired) electrons. The number of carboxylic acid groups (broad SMARTS) is 1. The first-order chi connectivity index (χ1) is 11.3. The van der Waals surface area contributed by atoms with E-state index >= 15 is 0 Å². The second-order valence-electron chi connectivity index (χ2n) is 5.06. The molecule has 8 heteroatoms. The third-order valence-electron chi connectivity index (χ3n) is 3.35. The van der Waals surface area contributed by atoms with Gasteiger partial charge in [0, 0.05) is 6.42 Å². The van der Waals surface area contributed by atoms with Crippen LogP contribution in [-0.2, 0) is 11.2 Å². The molecule has 0 unspecified atom stereocenters. The molecule has 0 aliphatic rings. The number of carbonyl (C=O) groups excluding carboxylic acids is 1. The van der Waals surface area contributed by atoms with E-state index in [1.807, 2.05) is 0 Å². The molecule has 0 aliphatic heterocycles. The molecule has 2 rings (SSSR count). The van der Waals surface area contributed by atoms with Crippen molar-refractivity contribution in [1.29, 1.82) is 0 Å². The molecule has 0 heterocycles. The average Bonchev–Trinajstić information content (AvgIpc) is 2.54. The number of phenolic OH excluding ortho intramolecular Hbond substituents is 4. The van der Waals surface area contributed by atoms with Crippen LogP contribution in [0.4, 0.5) is 0 Å². The first kappa shape index (κ1) is 16.9. The zero-order valence-electron chi connectivity index (χ0n) is 12.3. The fourth-order valence-corrected chi connectivity index (χ4v) is 2.06. The van der Waals surface area contributed by atoms with Gasteiger partial charge in [-0.3, -0.25) is 4.79 Å². The van der Waals surface area contributed by atoms with E-state index in [0.29, 0.717) is 5.56 Å². The van der Waals surface area contributed by atoms with Crippen molar-refractivity contribution in [2.45, 2.75) is 12.5 Å². The number of aliphatic carboxylic acids is 1. The first-order valence-electron chi connectivity index (χ1n) is 6.85. The molecule has 0 bridgehead atoms. The highest BCUT2D eigenvalue weighted by atomic mass is 16.4. The fourth-order valence-electron chi connectivity index (χ4n) is 2.06. The lowest BCUT2D eigenvalue weighted by Crippen LogP contribution is -2.42. The third kappa shape index (κ3) is 3.67. The highest BCUT2D eigenvalue weighted by Gasteiger charge is 2.24. The smallest absolute Gasteiger partial charge is 0.326 e. The van der Waals surface area contributed by atoms with Crippen LogP contribution in [0.5, 0.6) is 23.0 Å². The summed E-state index contributed by atoms with van der Waals surface area (Å²) in [5.41, 5.74) is 0.195. The number of rotatable bonds is 5. The molecule has 0 spiro atoms. The van der Waals surface area contributed by atoms with Gasteiger partial charge in [-0.05, 0) is 29.8 Å². The van der Waals surface area contributed by atoms with E-state index < -0.39 is 35.2 Å². The van der Waals surface area contributed by atoms with Gasteiger partial charge in [-0.25, -0.2) is 4.79 Å². The normalized spacial score (nSPS) is 11.7. The van der Waals surface area contributed by atoms with E-state index in [0.717, 1.165) is 12.1 Å². The van der Waals surface area contributed by atoms with Crippen LogP contribution in [0.1, 0.15) is 15.9 Å². The van der Waals surface area contributed by atoms with Gasteiger partial charge in [0.1, 0.15) is 11.8 Å². The largest absolute Gasteiger partial charge is 0.508 e. The van der Waals surface area contributed by atoms with Gasteiger partial charge < -0.3 is 30.8 Å². The van der Waals surface area contributed by atoms with Crippen LogP contribution in [-0.4, -0.2) is 43.5 Å². The standard InChI is InChI=1S/C16H15NO7/c18-9-3-1-8(2-4-9)7-11(16(23)24)17-15(22)10-5-6-12(19)14(21)13(10)20/h1-6,11,18-21H,7H2,(H,17,22)(H,23,24)/t11-/m0/s1. The summed E-state index contributed by atoms with van der Waals surface area (Å²) in [5, 5.41) is 49.0. The average molecular weight is 333 g/mol. The highest BCUT2D eigenvalue weighted by molar-refractivity contribution is 5.99. The maximum absolute atomic E-state index is 12.1. The van der Waals surface area contributed by atoms with Crippen molar-refractivity contribution in [3.8, 4) is 23.0 Å². The summed E-state index contributed by atoms with van der Waals surface area (Å²) in [4.78, 5) is 23.4. The number of hydrogen-bond donors (Lipinski definition) is 6. The Kier molecular flexibility index (Phi) is 4.78. The van der Waals surface area contributed by atoms with Gasteiger partial charge in [0.2, 0.25) is 5.75 Å². The Morgan fingerprint density at radius 3 is 2.12 bits per heavy atom. The Morgan fingerprint density at radius 2 is 1.54 bits per heavy atom. The van der Waals surface area contributed by atoms with Crippen molar-refractivity contribution < 1.29 is 35.1 Å². The molecule has 2 aromatic carbocycles. The summed E-state index contributed by atoms with van der Waals surface area (Å²) < 4.78 is 0. The molecule has 8 nitrogen and oxygen atoms in total. The van der Waals surface area contributed by atoms with Gasteiger partial charge in [0.15, 0.2) is 11.5 Å². The summed E-state index contributed by atoms with van der Waals surface area (Å²) >= 11 is 0. The SMILES string of the molecule is O=C(N[C@@H](Cc1ccc(O)cc1)C(=O)O)c1ccc(O)c(O)c1O. The Labute approximate surface area is 136 Å². The van der Waals surface area contributed by atoms with Crippen molar-refractivity contribution in [2.75, 3.05) is 0 Å². The zero-order valence-corrected chi connectivity index (χ0v) is 12.3. The maximum atomic E-state index is 12.1. The summed E-state index contributed by atoms with van der Waals surface area (Å²) in [6.07, 6.45) is -0.0494. The summed E-state index contributed by atoms with van der Waals surface area (Å²) in [7, 11) is 0. The van der Waals surface area contributed by atoms with E-state index in [1.165, 1.54) is 24.3 Å². The van der Waals surface area contributed by atoms with E-state index in [9.17, 15) is 35.1 Å². The maximum Gasteiger partial charge on any atom is 0.326 e. The van der Waals surface area contributed by atoms with Gasteiger partial charge in [0.05, 0.1) is 5.56 Å². The van der Waals surface area contributed by atoms with Crippen molar-refractivity contribution in [3.63, 3.8) is 0 Å². The summed E-state index contributed by atoms with van der Waals surface area (Å²) in [6.45, 7) is 0. The van der Waals surface area contributed by atoms with Crippen LogP contribution < -0.4 is 5.32 Å². The predicted octanol–water partition coefficient (Wildman–Crippen LogP) is 0.935. The summed E-state index contributed by atoms with van der Waals surface area (Å²) in [5.74, 6) is -4.51. The lowest BCUT2D eigenvalue weighted by atomic mass is 10.0. The highest BCUT2D eigenvalue weighted by Crippen LogP contribution is 2.36. The minimum Gasteiger partial charge on any atom is -0.508 e. The second kappa shape index (κ2) is 6.78. The molecule has 0 aromatic heterocycles. The molecule has 1 amide bonds. The van der Waals surface area contributed by atoms with Crippen molar-refractivity contribution in [3.05, 3.63) is 47.5 Å². The van der Waals surface area contributed by atoms with E-state index in [-0.39, 0.29) is 17.7 Å². The topological polar surface area (TPSA) is 147 Å². The fraction of sp³-hybridized carbons (Fsp3) is 0.125. The van der Waals surface area contributed by atoms with Gasteiger partial charge in [-0.1, -0.05) is 12.1 Å². The molecule has 6 N–H and O–H groups in total. The second-order valence-corrected chi connectivity index (χ2v) is 5.06. The van der Waals surface area contributed by atoms with Crippen molar-refractivity contribution in [2.24, 2.45) is 0 Å². The lowest BCUT2D eigenvalue weighted by Gasteiger charge is -2.15. The number of aromatic hydroxyl groups is 4. The van der Waals surface area contributed by atoms with Crippen LogP contribution in [0.2, 0.25) is 0 Å².